The van der Waals surface area contributed by atoms with Crippen LogP contribution in [0.25, 0.3) is 0 Å². The third-order valence-electron chi connectivity index (χ3n) is 4.43. The van der Waals surface area contributed by atoms with Crippen molar-refractivity contribution in [1.82, 2.24) is 15.2 Å². The second-order valence-electron chi connectivity index (χ2n) is 6.36. The van der Waals surface area contributed by atoms with Crippen molar-refractivity contribution in [1.29, 1.82) is 0 Å². The van der Waals surface area contributed by atoms with Crippen molar-refractivity contribution in [3.05, 3.63) is 35.9 Å². The van der Waals surface area contributed by atoms with Crippen molar-refractivity contribution in [3.8, 4) is 0 Å². The number of ether oxygens (including phenoxy) is 1. The summed E-state index contributed by atoms with van der Waals surface area (Å²) < 4.78 is 6.37. The number of nitrogens with zero attached hydrogens (tertiary/aromatic N) is 4. The van der Waals surface area contributed by atoms with E-state index in [0.717, 1.165) is 53.2 Å². The number of nitrogens with one attached hydrogen (secondary N) is 1. The van der Waals surface area contributed by atoms with Crippen molar-refractivity contribution in [2.75, 3.05) is 30.8 Å². The third-order valence-corrected chi connectivity index (χ3v) is 6.43. The number of hydrazone groups is 1. The second kappa shape index (κ2) is 8.81. The van der Waals surface area contributed by atoms with Crippen LogP contribution in [0.5, 0.6) is 0 Å². The Morgan fingerprint density at radius 2 is 2.22 bits per heavy atom. The molecule has 2 aliphatic rings. The minimum absolute atomic E-state index is 0.00463. The van der Waals surface area contributed by atoms with Crippen molar-refractivity contribution in [2.24, 2.45) is 5.10 Å². The van der Waals surface area contributed by atoms with E-state index in [1.54, 1.807) is 5.01 Å². The number of anilines is 1. The lowest BCUT2D eigenvalue weighted by Gasteiger charge is -2.10. The molecule has 2 aromatic rings. The lowest BCUT2D eigenvalue weighted by molar-refractivity contribution is -0.127. The Balaban J connectivity index is 1.25. The number of amides is 1. The Labute approximate surface area is 166 Å². The van der Waals surface area contributed by atoms with Crippen LogP contribution in [0.3, 0.4) is 0 Å². The van der Waals surface area contributed by atoms with E-state index >= 15 is 0 Å². The van der Waals surface area contributed by atoms with Gasteiger partial charge < -0.3 is 10.1 Å². The number of thioether (sulfide) groups is 1. The molecule has 0 saturated carbocycles. The SMILES string of the molecule is O=C(CSc1nnc(NC[C@@H]2CCCO2)s1)N1CCC(c2ccccc2)=N1. The Bertz CT molecular complexity index is 805. The molecule has 3 heterocycles. The van der Waals surface area contributed by atoms with Gasteiger partial charge in [-0.3, -0.25) is 4.79 Å². The predicted molar refractivity (Wildman–Crippen MR) is 107 cm³/mol. The number of aromatic nitrogens is 2. The molecule has 0 spiro atoms. The van der Waals surface area contributed by atoms with Gasteiger partial charge in [-0.05, 0) is 18.4 Å². The Kier molecular flexibility index (Phi) is 6.00. The molecule has 1 N–H and O–H groups in total. The van der Waals surface area contributed by atoms with E-state index in [0.29, 0.717) is 12.3 Å². The van der Waals surface area contributed by atoms with E-state index in [4.69, 9.17) is 4.74 Å². The molecule has 0 aliphatic carbocycles. The molecule has 0 unspecified atom stereocenters. The molecule has 1 atom stereocenters. The molecule has 2 aliphatic heterocycles. The normalized spacial score (nSPS) is 19.3. The number of rotatable bonds is 7. The highest BCUT2D eigenvalue weighted by Crippen LogP contribution is 2.26. The maximum Gasteiger partial charge on any atom is 0.253 e. The summed E-state index contributed by atoms with van der Waals surface area (Å²) in [7, 11) is 0. The molecule has 1 fully saturated rings. The first kappa shape index (κ1) is 18.4. The Morgan fingerprint density at radius 3 is 3.04 bits per heavy atom. The minimum atomic E-state index is -0.00463. The first-order valence-electron chi connectivity index (χ1n) is 9.03. The van der Waals surface area contributed by atoms with Gasteiger partial charge in [-0.1, -0.05) is 53.4 Å². The number of hydrogen-bond donors (Lipinski definition) is 1. The van der Waals surface area contributed by atoms with Crippen molar-refractivity contribution in [2.45, 2.75) is 29.7 Å². The van der Waals surface area contributed by atoms with E-state index in [2.05, 4.69) is 20.6 Å². The molecular weight excluding hydrogens is 382 g/mol. The lowest BCUT2D eigenvalue weighted by Crippen LogP contribution is -2.25. The van der Waals surface area contributed by atoms with Crippen LogP contribution >= 0.6 is 23.1 Å². The predicted octanol–water partition coefficient (Wildman–Crippen LogP) is 2.86. The number of hydrogen-bond acceptors (Lipinski definition) is 8. The molecule has 0 radical (unpaired) electrons. The van der Waals surface area contributed by atoms with Gasteiger partial charge in [0.15, 0.2) is 4.34 Å². The maximum absolute atomic E-state index is 12.4. The van der Waals surface area contributed by atoms with Crippen molar-refractivity contribution >= 4 is 39.8 Å². The van der Waals surface area contributed by atoms with Crippen LogP contribution in [-0.4, -0.2) is 58.4 Å². The molecule has 1 saturated heterocycles. The second-order valence-corrected chi connectivity index (χ2v) is 8.56. The zero-order valence-electron chi connectivity index (χ0n) is 14.8. The highest BCUT2D eigenvalue weighted by atomic mass is 32.2. The van der Waals surface area contributed by atoms with Gasteiger partial charge in [-0.2, -0.15) is 5.10 Å². The summed E-state index contributed by atoms with van der Waals surface area (Å²) in [4.78, 5) is 12.4. The fourth-order valence-electron chi connectivity index (χ4n) is 3.01. The van der Waals surface area contributed by atoms with Gasteiger partial charge in [0, 0.05) is 19.6 Å². The van der Waals surface area contributed by atoms with Crippen LogP contribution < -0.4 is 5.32 Å². The molecule has 142 valence electrons. The van der Waals surface area contributed by atoms with Gasteiger partial charge in [0.1, 0.15) is 0 Å². The highest BCUT2D eigenvalue weighted by molar-refractivity contribution is 8.01. The summed E-state index contributed by atoms with van der Waals surface area (Å²) in [5, 5.41) is 18.3. The van der Waals surface area contributed by atoms with Gasteiger partial charge in [0.25, 0.3) is 5.91 Å². The minimum Gasteiger partial charge on any atom is -0.376 e. The average Bonchev–Trinajstić information content (AvgIpc) is 3.47. The van der Waals surface area contributed by atoms with Crippen LogP contribution in [0.2, 0.25) is 0 Å². The molecule has 1 aromatic carbocycles. The van der Waals surface area contributed by atoms with E-state index in [9.17, 15) is 4.79 Å². The largest absolute Gasteiger partial charge is 0.376 e. The smallest absolute Gasteiger partial charge is 0.253 e. The summed E-state index contributed by atoms with van der Waals surface area (Å²) in [5.41, 5.74) is 2.04. The summed E-state index contributed by atoms with van der Waals surface area (Å²) in [6, 6.07) is 9.99. The van der Waals surface area contributed by atoms with Gasteiger partial charge in [0.05, 0.1) is 24.1 Å². The standard InChI is InChI=1S/C18H21N5O2S2/c24-16(23-9-8-15(22-23)13-5-2-1-3-6-13)12-26-18-21-20-17(27-18)19-11-14-7-4-10-25-14/h1-3,5-6,14H,4,7-12H2,(H,19,20)/t14-/m0/s1. The Morgan fingerprint density at radius 1 is 1.33 bits per heavy atom. The average molecular weight is 404 g/mol. The first-order valence-corrected chi connectivity index (χ1v) is 10.8. The quantitative estimate of drug-likeness (QED) is 0.716. The zero-order valence-corrected chi connectivity index (χ0v) is 16.5. The molecule has 27 heavy (non-hydrogen) atoms. The van der Waals surface area contributed by atoms with E-state index < -0.39 is 0 Å². The summed E-state index contributed by atoms with van der Waals surface area (Å²) in [6.07, 6.45) is 3.26. The molecular formula is C18H21N5O2S2. The maximum atomic E-state index is 12.4. The molecule has 1 amide bonds. The van der Waals surface area contributed by atoms with Gasteiger partial charge in [-0.15, -0.1) is 10.2 Å². The number of carbonyl (C=O) groups excluding carboxylic acids is 1. The molecule has 7 nitrogen and oxygen atoms in total. The zero-order chi connectivity index (χ0) is 18.5. The molecule has 0 bridgehead atoms. The van der Waals surface area contributed by atoms with Crippen LogP contribution in [0.1, 0.15) is 24.8 Å². The van der Waals surface area contributed by atoms with Gasteiger partial charge in [-0.25, -0.2) is 5.01 Å². The monoisotopic (exact) mass is 403 g/mol. The first-order chi connectivity index (χ1) is 13.3. The van der Waals surface area contributed by atoms with E-state index in [1.165, 1.54) is 23.1 Å². The molecule has 4 rings (SSSR count). The van der Waals surface area contributed by atoms with Crippen LogP contribution in [0.15, 0.2) is 39.8 Å². The number of benzene rings is 1. The lowest BCUT2D eigenvalue weighted by atomic mass is 10.1. The summed E-state index contributed by atoms with van der Waals surface area (Å²) in [5.74, 6) is 0.307. The fraction of sp³-hybridized carbons (Fsp3) is 0.444. The van der Waals surface area contributed by atoms with E-state index in [-0.39, 0.29) is 12.0 Å². The summed E-state index contributed by atoms with van der Waals surface area (Å²) >= 11 is 2.87. The Hall–Kier alpha value is -1.97. The van der Waals surface area contributed by atoms with Crippen LogP contribution in [0, 0.1) is 0 Å². The fourth-order valence-corrected chi connectivity index (χ4v) is 4.64. The van der Waals surface area contributed by atoms with Gasteiger partial charge >= 0.3 is 0 Å². The molecule has 1 aromatic heterocycles. The summed E-state index contributed by atoms with van der Waals surface area (Å²) in [6.45, 7) is 2.23. The highest BCUT2D eigenvalue weighted by Gasteiger charge is 2.22. The van der Waals surface area contributed by atoms with Crippen LogP contribution in [0.4, 0.5) is 5.13 Å². The van der Waals surface area contributed by atoms with Crippen molar-refractivity contribution in [3.63, 3.8) is 0 Å². The van der Waals surface area contributed by atoms with Crippen molar-refractivity contribution < 1.29 is 9.53 Å². The third kappa shape index (κ3) is 4.85. The van der Waals surface area contributed by atoms with Gasteiger partial charge in [0.2, 0.25) is 5.13 Å². The number of carbonyl (C=O) groups is 1. The molecule has 9 heteroatoms. The van der Waals surface area contributed by atoms with E-state index in [1.807, 2.05) is 30.3 Å². The van der Waals surface area contributed by atoms with Crippen LogP contribution in [-0.2, 0) is 9.53 Å². The topological polar surface area (TPSA) is 79.7 Å².